The van der Waals surface area contributed by atoms with Crippen molar-refractivity contribution in [1.29, 1.82) is 0 Å². The van der Waals surface area contributed by atoms with Crippen LogP contribution in [-0.4, -0.2) is 22.9 Å². The average Bonchev–Trinajstić information content (AvgIpc) is 2.45. The number of hydrogen-bond donors (Lipinski definition) is 0. The van der Waals surface area contributed by atoms with Gasteiger partial charge in [0.15, 0.2) is 6.29 Å². The highest BCUT2D eigenvalue weighted by Crippen LogP contribution is 2.21. The minimum absolute atomic E-state index is 0.536. The fourth-order valence-electron chi connectivity index (χ4n) is 1.81. The molecule has 0 aliphatic carbocycles. The van der Waals surface area contributed by atoms with E-state index < -0.39 is 0 Å². The lowest BCUT2D eigenvalue weighted by atomic mass is 10.2. The van der Waals surface area contributed by atoms with Crippen molar-refractivity contribution >= 4 is 17.3 Å². The summed E-state index contributed by atoms with van der Waals surface area (Å²) in [7, 11) is 0. The van der Waals surface area contributed by atoms with Crippen LogP contribution in [0, 0.1) is 6.92 Å². The van der Waals surface area contributed by atoms with Crippen molar-refractivity contribution in [3.63, 3.8) is 0 Å². The van der Waals surface area contributed by atoms with Crippen LogP contribution in [0.4, 0.5) is 0 Å². The first-order chi connectivity index (χ1) is 9.76. The Bertz CT molecular complexity index is 682. The van der Waals surface area contributed by atoms with Crippen molar-refractivity contribution in [3.8, 4) is 5.75 Å². The summed E-state index contributed by atoms with van der Waals surface area (Å²) in [6, 6.07) is 10.8. The van der Waals surface area contributed by atoms with Gasteiger partial charge in [-0.05, 0) is 38.1 Å². The van der Waals surface area contributed by atoms with Gasteiger partial charge in [-0.3, -0.25) is 9.78 Å². The van der Waals surface area contributed by atoms with Crippen LogP contribution in [0.2, 0.25) is 0 Å². The maximum absolute atomic E-state index is 11.1. The summed E-state index contributed by atoms with van der Waals surface area (Å²) < 4.78 is 5.58. The number of aryl methyl sites for hydroxylation is 1. The number of benzene rings is 1. The van der Waals surface area contributed by atoms with Crippen LogP contribution in [0.5, 0.6) is 5.75 Å². The zero-order valence-electron chi connectivity index (χ0n) is 11.5. The standard InChI is InChI=1S/C16H16N2O2/c1-3-20-15-9-6-8-14-16(15)18-12(2)13(11-19)7-4-5-10-17-14/h4-11H,3H2,1-2H3. The second-order valence-electron chi connectivity index (χ2n) is 4.16. The monoisotopic (exact) mass is 268 g/mol. The van der Waals surface area contributed by atoms with Gasteiger partial charge in [0.25, 0.3) is 0 Å². The van der Waals surface area contributed by atoms with E-state index in [1.165, 1.54) is 0 Å². The predicted octanol–water partition coefficient (Wildman–Crippen LogP) is 3.27. The minimum atomic E-state index is 0.536. The summed E-state index contributed by atoms with van der Waals surface area (Å²) >= 11 is 0. The lowest BCUT2D eigenvalue weighted by Crippen LogP contribution is -1.95. The van der Waals surface area contributed by atoms with Gasteiger partial charge < -0.3 is 4.74 Å². The molecule has 4 nitrogen and oxygen atoms in total. The van der Waals surface area contributed by atoms with E-state index in [2.05, 4.69) is 9.97 Å². The Morgan fingerprint density at radius 3 is 2.80 bits per heavy atom. The summed E-state index contributed by atoms with van der Waals surface area (Å²) in [5, 5.41) is 0. The van der Waals surface area contributed by atoms with E-state index >= 15 is 0 Å². The van der Waals surface area contributed by atoms with Crippen LogP contribution < -0.4 is 4.74 Å². The molecule has 0 bridgehead atoms. The molecule has 0 N–H and O–H groups in total. The molecule has 0 aliphatic heterocycles. The van der Waals surface area contributed by atoms with Gasteiger partial charge in [-0.25, -0.2) is 4.98 Å². The number of para-hydroxylation sites is 1. The molecule has 102 valence electrons. The van der Waals surface area contributed by atoms with Crippen LogP contribution in [0.15, 0.2) is 42.6 Å². The third kappa shape index (κ3) is 3.09. The molecule has 0 saturated carbocycles. The van der Waals surface area contributed by atoms with E-state index in [4.69, 9.17) is 4.74 Å². The first kappa shape index (κ1) is 13.9. The Morgan fingerprint density at radius 2 is 2.05 bits per heavy atom. The topological polar surface area (TPSA) is 52.1 Å². The fourth-order valence-corrected chi connectivity index (χ4v) is 1.81. The zero-order valence-corrected chi connectivity index (χ0v) is 11.5. The van der Waals surface area contributed by atoms with Gasteiger partial charge in [0.1, 0.15) is 11.3 Å². The van der Waals surface area contributed by atoms with E-state index in [1.807, 2.05) is 25.1 Å². The number of rotatable bonds is 3. The molecule has 0 atom stereocenters. The lowest BCUT2D eigenvalue weighted by molar-refractivity contribution is 0.112. The van der Waals surface area contributed by atoms with Gasteiger partial charge in [0, 0.05) is 17.5 Å². The fraction of sp³-hybridized carbons (Fsp3) is 0.188. The van der Waals surface area contributed by atoms with Gasteiger partial charge in [-0.2, -0.15) is 0 Å². The highest BCUT2D eigenvalue weighted by atomic mass is 16.5. The molecule has 1 aromatic heterocycles. The third-order valence-electron chi connectivity index (χ3n) is 2.79. The van der Waals surface area contributed by atoms with E-state index in [1.54, 1.807) is 31.3 Å². The van der Waals surface area contributed by atoms with Crippen molar-refractivity contribution in [2.24, 2.45) is 0 Å². The van der Waals surface area contributed by atoms with Crippen LogP contribution in [0.3, 0.4) is 0 Å². The Balaban J connectivity index is 2.86. The smallest absolute Gasteiger partial charge is 0.151 e. The number of aromatic nitrogens is 2. The molecule has 1 aromatic carbocycles. The molecule has 0 spiro atoms. The summed E-state index contributed by atoms with van der Waals surface area (Å²) in [5.41, 5.74) is 2.53. The molecule has 2 rings (SSSR count). The molecule has 1 heterocycles. The van der Waals surface area contributed by atoms with Crippen molar-refractivity contribution in [2.45, 2.75) is 13.8 Å². The van der Waals surface area contributed by atoms with E-state index in [0.717, 1.165) is 6.29 Å². The SMILES string of the molecule is CCOc1cccc2nccccc(C=O)c(C)nc12. The second kappa shape index (κ2) is 6.61. The number of aldehydes is 1. The normalized spacial score (nSPS) is 9.90. The molecule has 0 radical (unpaired) electrons. The van der Waals surface area contributed by atoms with E-state index in [-0.39, 0.29) is 0 Å². The molecule has 2 aromatic rings. The van der Waals surface area contributed by atoms with Crippen LogP contribution in [0.1, 0.15) is 23.0 Å². The zero-order chi connectivity index (χ0) is 14.4. The Hall–Kier alpha value is -2.49. The maximum Gasteiger partial charge on any atom is 0.151 e. The number of fused-ring (bicyclic) bond motifs is 1. The molecule has 0 unspecified atom stereocenters. The molecule has 0 amide bonds. The summed E-state index contributed by atoms with van der Waals surface area (Å²) in [6.07, 6.45) is 2.47. The molecule has 4 heteroatoms. The van der Waals surface area contributed by atoms with Gasteiger partial charge in [0.2, 0.25) is 0 Å². The van der Waals surface area contributed by atoms with Gasteiger partial charge in [-0.15, -0.1) is 0 Å². The van der Waals surface area contributed by atoms with E-state index in [0.29, 0.717) is 34.6 Å². The van der Waals surface area contributed by atoms with Crippen molar-refractivity contribution in [1.82, 2.24) is 9.97 Å². The molecule has 20 heavy (non-hydrogen) atoms. The molecule has 0 aliphatic rings. The van der Waals surface area contributed by atoms with Crippen LogP contribution in [-0.2, 0) is 0 Å². The van der Waals surface area contributed by atoms with Gasteiger partial charge in [0.05, 0.1) is 12.1 Å². The largest absolute Gasteiger partial charge is 0.492 e. The lowest BCUT2D eigenvalue weighted by Gasteiger charge is -2.05. The molecular formula is C16H16N2O2. The quantitative estimate of drug-likeness (QED) is 0.802. The Kier molecular flexibility index (Phi) is 4.60. The predicted molar refractivity (Wildman–Crippen MR) is 78.5 cm³/mol. The van der Waals surface area contributed by atoms with Gasteiger partial charge in [-0.1, -0.05) is 12.1 Å². The summed E-state index contributed by atoms with van der Waals surface area (Å²) in [4.78, 5) is 20.0. The number of nitrogens with zero attached hydrogens (tertiary/aromatic N) is 2. The van der Waals surface area contributed by atoms with Crippen LogP contribution >= 0.6 is 0 Å². The highest BCUT2D eigenvalue weighted by Gasteiger charge is 2.03. The Labute approximate surface area is 117 Å². The van der Waals surface area contributed by atoms with Crippen LogP contribution in [0.25, 0.3) is 11.0 Å². The van der Waals surface area contributed by atoms with Gasteiger partial charge >= 0.3 is 0 Å². The number of carbonyl (C=O) groups excluding carboxylic acids is 1. The average molecular weight is 268 g/mol. The third-order valence-corrected chi connectivity index (χ3v) is 2.79. The Morgan fingerprint density at radius 1 is 1.20 bits per heavy atom. The number of carbonyl (C=O) groups is 1. The molecule has 0 fully saturated rings. The van der Waals surface area contributed by atoms with Crippen molar-refractivity contribution in [3.05, 3.63) is 53.9 Å². The number of hydrogen-bond acceptors (Lipinski definition) is 4. The molecule has 0 saturated heterocycles. The number of ether oxygens (including phenoxy) is 1. The second-order valence-corrected chi connectivity index (χ2v) is 4.16. The highest BCUT2D eigenvalue weighted by molar-refractivity contribution is 5.81. The molecular weight excluding hydrogens is 252 g/mol. The first-order valence-corrected chi connectivity index (χ1v) is 6.44. The van der Waals surface area contributed by atoms with Crippen molar-refractivity contribution < 1.29 is 9.53 Å². The summed E-state index contributed by atoms with van der Waals surface area (Å²) in [6.45, 7) is 4.26. The van der Waals surface area contributed by atoms with Crippen molar-refractivity contribution in [2.75, 3.05) is 6.61 Å². The summed E-state index contributed by atoms with van der Waals surface area (Å²) in [5.74, 6) is 0.663. The minimum Gasteiger partial charge on any atom is -0.492 e. The van der Waals surface area contributed by atoms with E-state index in [9.17, 15) is 4.79 Å². The first-order valence-electron chi connectivity index (χ1n) is 6.44. The maximum atomic E-state index is 11.1.